The number of phenolic OH excluding ortho intramolecular Hbond substituents is 1. The summed E-state index contributed by atoms with van der Waals surface area (Å²) >= 11 is 5.77. The first-order chi connectivity index (χ1) is 7.41. The lowest BCUT2D eigenvalue weighted by atomic mass is 10.0. The lowest BCUT2D eigenvalue weighted by molar-refractivity contribution is -0.121. The van der Waals surface area contributed by atoms with Gasteiger partial charge in [-0.25, -0.2) is 0 Å². The molecule has 16 heavy (non-hydrogen) atoms. The molecule has 2 unspecified atom stereocenters. The SMILES string of the molecule is NC(=O)CC(O)C(O)c1cc(O)ccc1Cl. The number of rotatable bonds is 4. The number of hydrogen-bond donors (Lipinski definition) is 4. The van der Waals surface area contributed by atoms with Crippen LogP contribution in [-0.2, 0) is 4.79 Å². The Hall–Kier alpha value is -1.30. The third-order valence-corrected chi connectivity index (χ3v) is 2.42. The molecule has 0 saturated carbocycles. The third kappa shape index (κ3) is 3.10. The average Bonchev–Trinajstić information content (AvgIpc) is 2.19. The van der Waals surface area contributed by atoms with Crippen molar-refractivity contribution in [1.82, 2.24) is 0 Å². The summed E-state index contributed by atoms with van der Waals surface area (Å²) in [6.45, 7) is 0. The first-order valence-electron chi connectivity index (χ1n) is 4.54. The molecule has 0 bridgehead atoms. The number of aliphatic hydroxyl groups is 2. The molecule has 88 valence electrons. The van der Waals surface area contributed by atoms with Gasteiger partial charge in [-0.3, -0.25) is 4.79 Å². The molecule has 0 saturated heterocycles. The third-order valence-electron chi connectivity index (χ3n) is 2.07. The number of primary amides is 1. The predicted molar refractivity (Wildman–Crippen MR) is 57.9 cm³/mol. The minimum atomic E-state index is -1.37. The van der Waals surface area contributed by atoms with Gasteiger partial charge in [0.25, 0.3) is 0 Å². The van der Waals surface area contributed by atoms with Gasteiger partial charge in [-0.2, -0.15) is 0 Å². The number of phenols is 1. The number of halogens is 1. The molecule has 6 heteroatoms. The molecule has 0 aliphatic heterocycles. The molecule has 0 fully saturated rings. The maximum atomic E-state index is 10.6. The average molecular weight is 246 g/mol. The summed E-state index contributed by atoms with van der Waals surface area (Å²) in [6, 6.07) is 3.95. The molecule has 2 atom stereocenters. The number of carbonyl (C=O) groups is 1. The number of benzene rings is 1. The molecule has 0 aliphatic rings. The Morgan fingerprint density at radius 2 is 2.06 bits per heavy atom. The van der Waals surface area contributed by atoms with Crippen molar-refractivity contribution in [3.8, 4) is 5.75 Å². The zero-order valence-corrected chi connectivity index (χ0v) is 9.05. The summed E-state index contributed by atoms with van der Waals surface area (Å²) in [4.78, 5) is 10.6. The van der Waals surface area contributed by atoms with Crippen LogP contribution >= 0.6 is 11.6 Å². The zero-order valence-electron chi connectivity index (χ0n) is 8.30. The predicted octanol–water partition coefficient (Wildman–Crippen LogP) is 0.315. The molecule has 0 radical (unpaired) electrons. The lowest BCUT2D eigenvalue weighted by Gasteiger charge is -2.18. The summed E-state index contributed by atoms with van der Waals surface area (Å²) in [6.07, 6.45) is -3.10. The number of nitrogens with two attached hydrogens (primary N) is 1. The van der Waals surface area contributed by atoms with E-state index in [-0.39, 0.29) is 22.8 Å². The van der Waals surface area contributed by atoms with Gasteiger partial charge in [0, 0.05) is 10.6 Å². The molecular weight excluding hydrogens is 234 g/mol. The van der Waals surface area contributed by atoms with Crippen LogP contribution < -0.4 is 5.73 Å². The van der Waals surface area contributed by atoms with Crippen LogP contribution in [0.1, 0.15) is 18.1 Å². The number of amides is 1. The van der Waals surface area contributed by atoms with E-state index in [1.165, 1.54) is 18.2 Å². The zero-order chi connectivity index (χ0) is 12.3. The molecule has 1 amide bonds. The van der Waals surface area contributed by atoms with Crippen LogP contribution in [0, 0.1) is 0 Å². The first-order valence-corrected chi connectivity index (χ1v) is 4.92. The normalized spacial score (nSPS) is 14.4. The molecule has 1 aromatic rings. The maximum absolute atomic E-state index is 10.6. The highest BCUT2D eigenvalue weighted by Gasteiger charge is 2.22. The second-order valence-electron chi connectivity index (χ2n) is 3.39. The minimum absolute atomic E-state index is 0.0928. The summed E-state index contributed by atoms with van der Waals surface area (Å²) in [5.41, 5.74) is 5.03. The summed E-state index contributed by atoms with van der Waals surface area (Å²) in [5, 5.41) is 28.6. The van der Waals surface area contributed by atoms with Crippen LogP contribution in [0.15, 0.2) is 18.2 Å². The Morgan fingerprint density at radius 3 is 2.62 bits per heavy atom. The van der Waals surface area contributed by atoms with Gasteiger partial charge in [-0.05, 0) is 18.2 Å². The fraction of sp³-hybridized carbons (Fsp3) is 0.300. The number of carbonyl (C=O) groups excluding carboxylic acids is 1. The molecule has 0 spiro atoms. The van der Waals surface area contributed by atoms with E-state index in [2.05, 4.69) is 0 Å². The van der Waals surface area contributed by atoms with Crippen LogP contribution in [0.2, 0.25) is 5.02 Å². The van der Waals surface area contributed by atoms with Crippen molar-refractivity contribution in [3.63, 3.8) is 0 Å². The fourth-order valence-electron chi connectivity index (χ4n) is 1.28. The van der Waals surface area contributed by atoms with E-state index in [1.54, 1.807) is 0 Å². The van der Waals surface area contributed by atoms with E-state index in [4.69, 9.17) is 17.3 Å². The monoisotopic (exact) mass is 245 g/mol. The number of hydrogen-bond acceptors (Lipinski definition) is 4. The topological polar surface area (TPSA) is 104 Å². The van der Waals surface area contributed by atoms with E-state index in [9.17, 15) is 20.1 Å². The smallest absolute Gasteiger partial charge is 0.220 e. The second-order valence-corrected chi connectivity index (χ2v) is 3.80. The highest BCUT2D eigenvalue weighted by atomic mass is 35.5. The Kier molecular flexibility index (Phi) is 4.12. The van der Waals surface area contributed by atoms with Crippen LogP contribution in [0.5, 0.6) is 5.75 Å². The molecule has 5 nitrogen and oxygen atoms in total. The van der Waals surface area contributed by atoms with Crippen molar-refractivity contribution < 1.29 is 20.1 Å². The summed E-state index contributed by atoms with van der Waals surface area (Å²) < 4.78 is 0. The quantitative estimate of drug-likeness (QED) is 0.613. The van der Waals surface area contributed by atoms with Gasteiger partial charge in [0.05, 0.1) is 12.5 Å². The maximum Gasteiger partial charge on any atom is 0.220 e. The van der Waals surface area contributed by atoms with Gasteiger partial charge in [0.2, 0.25) is 5.91 Å². The minimum Gasteiger partial charge on any atom is -0.508 e. The van der Waals surface area contributed by atoms with Crippen LogP contribution in [0.4, 0.5) is 0 Å². The van der Waals surface area contributed by atoms with E-state index in [0.29, 0.717) is 0 Å². The van der Waals surface area contributed by atoms with Crippen molar-refractivity contribution in [2.24, 2.45) is 5.73 Å². The van der Waals surface area contributed by atoms with Gasteiger partial charge < -0.3 is 21.1 Å². The van der Waals surface area contributed by atoms with Gasteiger partial charge in [0.1, 0.15) is 11.9 Å². The summed E-state index contributed by atoms with van der Waals surface area (Å²) in [5.74, 6) is -0.826. The highest BCUT2D eigenvalue weighted by molar-refractivity contribution is 6.31. The standard InChI is InChI=1S/C10H12ClNO4/c11-7-2-1-5(13)3-6(7)10(16)8(14)4-9(12)15/h1-3,8,10,13-14,16H,4H2,(H2,12,15). The molecule has 0 heterocycles. The van der Waals surface area contributed by atoms with Crippen molar-refractivity contribution >= 4 is 17.5 Å². The Balaban J connectivity index is 2.90. The van der Waals surface area contributed by atoms with Crippen molar-refractivity contribution in [2.45, 2.75) is 18.6 Å². The van der Waals surface area contributed by atoms with Gasteiger partial charge in [-0.1, -0.05) is 11.6 Å². The van der Waals surface area contributed by atoms with Crippen molar-refractivity contribution in [2.75, 3.05) is 0 Å². The van der Waals surface area contributed by atoms with E-state index < -0.39 is 18.1 Å². The first kappa shape index (κ1) is 12.8. The van der Waals surface area contributed by atoms with E-state index >= 15 is 0 Å². The molecule has 0 aromatic heterocycles. The molecule has 0 aliphatic carbocycles. The molecular formula is C10H12ClNO4. The largest absolute Gasteiger partial charge is 0.508 e. The fourth-order valence-corrected chi connectivity index (χ4v) is 1.51. The Labute approximate surface area is 97.1 Å². The number of aromatic hydroxyl groups is 1. The van der Waals surface area contributed by atoms with E-state index in [1.807, 2.05) is 0 Å². The van der Waals surface area contributed by atoms with Crippen LogP contribution in [0.3, 0.4) is 0 Å². The second kappa shape index (κ2) is 5.16. The van der Waals surface area contributed by atoms with Crippen molar-refractivity contribution in [3.05, 3.63) is 28.8 Å². The van der Waals surface area contributed by atoms with Gasteiger partial charge >= 0.3 is 0 Å². The summed E-state index contributed by atoms with van der Waals surface area (Å²) in [7, 11) is 0. The molecule has 5 N–H and O–H groups in total. The highest BCUT2D eigenvalue weighted by Crippen LogP contribution is 2.29. The van der Waals surface area contributed by atoms with Gasteiger partial charge in [0.15, 0.2) is 0 Å². The van der Waals surface area contributed by atoms with E-state index in [0.717, 1.165) is 0 Å². The van der Waals surface area contributed by atoms with Crippen molar-refractivity contribution in [1.29, 1.82) is 0 Å². The Bertz CT molecular complexity index is 396. The Morgan fingerprint density at radius 1 is 1.44 bits per heavy atom. The van der Waals surface area contributed by atoms with Crippen LogP contribution in [-0.4, -0.2) is 27.3 Å². The molecule has 1 aromatic carbocycles. The molecule has 1 rings (SSSR count). The lowest BCUT2D eigenvalue weighted by Crippen LogP contribution is -2.25. The number of aliphatic hydroxyl groups excluding tert-OH is 2. The van der Waals surface area contributed by atoms with Crippen LogP contribution in [0.25, 0.3) is 0 Å². The van der Waals surface area contributed by atoms with Gasteiger partial charge in [-0.15, -0.1) is 0 Å².